The number of carbonyl (C=O) groups is 2. The molecule has 0 radical (unpaired) electrons. The van der Waals surface area contributed by atoms with E-state index >= 15 is 0 Å². The van der Waals surface area contributed by atoms with Crippen molar-refractivity contribution in [1.29, 1.82) is 0 Å². The van der Waals surface area contributed by atoms with Crippen LogP contribution in [0.5, 0.6) is 11.5 Å². The molecule has 0 N–H and O–H groups in total. The molecule has 0 bridgehead atoms. The molecule has 284 valence electrons. The number of ether oxygens (including phenoxy) is 2. The van der Waals surface area contributed by atoms with Gasteiger partial charge >= 0.3 is 0 Å². The Kier molecular flexibility index (Phi) is 12.6. The molecule has 2 aromatic heterocycles. The van der Waals surface area contributed by atoms with Crippen molar-refractivity contribution in [3.8, 4) is 11.5 Å². The van der Waals surface area contributed by atoms with Crippen LogP contribution in [-0.4, -0.2) is 54.3 Å². The first-order valence-corrected chi connectivity index (χ1v) is 18.1. The highest BCUT2D eigenvalue weighted by molar-refractivity contribution is 5.95. The van der Waals surface area contributed by atoms with Gasteiger partial charge in [0.05, 0.1) is 48.7 Å². The predicted octanol–water partition coefficient (Wildman–Crippen LogP) is 7.68. The Morgan fingerprint density at radius 3 is 1.49 bits per heavy atom. The van der Waals surface area contributed by atoms with Crippen LogP contribution in [0.1, 0.15) is 57.3 Å². The summed E-state index contributed by atoms with van der Waals surface area (Å²) in [5.41, 5.74) is 3.32. The number of para-hydroxylation sites is 2. The second kappa shape index (κ2) is 18.1. The summed E-state index contributed by atoms with van der Waals surface area (Å²) in [6.07, 6.45) is 0. The first-order valence-electron chi connectivity index (χ1n) is 18.1. The van der Waals surface area contributed by atoms with Crippen molar-refractivity contribution in [3.63, 3.8) is 0 Å². The molecule has 6 aromatic rings. The van der Waals surface area contributed by atoms with Gasteiger partial charge in [0, 0.05) is 19.2 Å². The minimum atomic E-state index is -0.851. The van der Waals surface area contributed by atoms with E-state index in [1.807, 2.05) is 96.0 Å². The Morgan fingerprint density at radius 2 is 1.02 bits per heavy atom. The molecule has 10 nitrogen and oxygen atoms in total. The van der Waals surface area contributed by atoms with Crippen molar-refractivity contribution in [2.75, 3.05) is 13.1 Å². The summed E-state index contributed by atoms with van der Waals surface area (Å²) in [6.45, 7) is 7.41. The predicted molar refractivity (Wildman–Crippen MR) is 200 cm³/mol. The molecule has 0 saturated carbocycles. The zero-order chi connectivity index (χ0) is 38.7. The summed E-state index contributed by atoms with van der Waals surface area (Å²) in [4.78, 5) is 28.3. The third-order valence-corrected chi connectivity index (χ3v) is 8.80. The number of rotatable bonds is 8. The molecule has 0 spiro atoms. The van der Waals surface area contributed by atoms with Crippen molar-refractivity contribution in [2.45, 2.75) is 53.2 Å². The summed E-state index contributed by atoms with van der Waals surface area (Å²) in [7, 11) is 0. The molecule has 8 rings (SSSR count). The first kappa shape index (κ1) is 38.4. The average molecular weight is 751 g/mol. The van der Waals surface area contributed by atoms with E-state index in [0.717, 1.165) is 46.4 Å². The van der Waals surface area contributed by atoms with Crippen molar-refractivity contribution >= 4 is 11.8 Å². The summed E-state index contributed by atoms with van der Waals surface area (Å²) >= 11 is 0. The lowest BCUT2D eigenvalue weighted by Gasteiger charge is -2.27. The molecule has 0 atom stereocenters. The van der Waals surface area contributed by atoms with E-state index in [9.17, 15) is 22.8 Å². The van der Waals surface area contributed by atoms with E-state index in [0.29, 0.717) is 52.5 Å². The summed E-state index contributed by atoms with van der Waals surface area (Å²) in [5.74, 6) is -1.25. The molecule has 0 saturated heterocycles. The van der Waals surface area contributed by atoms with Crippen LogP contribution in [0.3, 0.4) is 0 Å². The highest BCUT2D eigenvalue weighted by Gasteiger charge is 2.26. The maximum Gasteiger partial charge on any atom is 0.257 e. The molecule has 55 heavy (non-hydrogen) atoms. The molecule has 0 fully saturated rings. The fourth-order valence-electron chi connectivity index (χ4n) is 6.13. The smallest absolute Gasteiger partial charge is 0.257 e. The second-order valence-corrected chi connectivity index (χ2v) is 12.5. The second-order valence-electron chi connectivity index (χ2n) is 12.5. The van der Waals surface area contributed by atoms with Crippen LogP contribution in [0.15, 0.2) is 115 Å². The minimum Gasteiger partial charge on any atom is -0.487 e. The molecule has 4 aromatic carbocycles. The molecule has 0 aliphatic carbocycles. The minimum absolute atomic E-state index is 0.105. The Labute approximate surface area is 317 Å². The van der Waals surface area contributed by atoms with Gasteiger partial charge in [0.2, 0.25) is 0 Å². The van der Waals surface area contributed by atoms with E-state index in [1.54, 1.807) is 17.0 Å². The van der Waals surface area contributed by atoms with Gasteiger partial charge in [-0.3, -0.25) is 19.0 Å². The number of amides is 2. The van der Waals surface area contributed by atoms with Crippen LogP contribution in [0.25, 0.3) is 0 Å². The number of hydrogen-bond donors (Lipinski definition) is 0. The molecule has 2 aliphatic heterocycles. The number of fused-ring (bicyclic) bond motifs is 2. The fraction of sp³-hybridized carbons (Fsp3) is 0.238. The van der Waals surface area contributed by atoms with Gasteiger partial charge in [0.15, 0.2) is 0 Å². The lowest BCUT2D eigenvalue weighted by molar-refractivity contribution is 0.0694. The fourth-order valence-corrected chi connectivity index (χ4v) is 6.13. The van der Waals surface area contributed by atoms with E-state index in [2.05, 4.69) is 10.2 Å². The molecule has 13 heteroatoms. The largest absolute Gasteiger partial charge is 0.487 e. The SMILES string of the molecule is CC.O=C(c1ccc(F)cc1F)N1CCn2nc(COc3ccccc3)cc2C1.O=C(c1ccccc1F)N1CCn2nc(COc3ccccc3)cc2C1. The number of halogens is 3. The van der Waals surface area contributed by atoms with Crippen LogP contribution >= 0.6 is 0 Å². The van der Waals surface area contributed by atoms with Crippen LogP contribution in [0.2, 0.25) is 0 Å². The first-order chi connectivity index (χ1) is 26.8. The molecule has 2 aliphatic rings. The Bertz CT molecular complexity index is 2210. The Morgan fingerprint density at radius 1 is 0.564 bits per heavy atom. The summed E-state index contributed by atoms with van der Waals surface area (Å²) in [5, 5.41) is 9.02. The van der Waals surface area contributed by atoms with E-state index < -0.39 is 23.4 Å². The normalized spacial score (nSPS) is 13.0. The van der Waals surface area contributed by atoms with Gasteiger partial charge in [-0.2, -0.15) is 10.2 Å². The van der Waals surface area contributed by atoms with Crippen molar-refractivity contribution in [1.82, 2.24) is 29.4 Å². The number of hydrogen-bond acceptors (Lipinski definition) is 6. The Balaban J connectivity index is 0.000000179. The van der Waals surface area contributed by atoms with E-state index in [-0.39, 0.29) is 17.0 Å². The number of nitrogens with zero attached hydrogens (tertiary/aromatic N) is 6. The summed E-state index contributed by atoms with van der Waals surface area (Å²) in [6, 6.07) is 31.9. The van der Waals surface area contributed by atoms with Crippen molar-refractivity contribution < 1.29 is 32.2 Å². The van der Waals surface area contributed by atoms with Gasteiger partial charge in [-0.05, 0) is 60.7 Å². The lowest BCUT2D eigenvalue weighted by Crippen LogP contribution is -2.38. The monoisotopic (exact) mass is 750 g/mol. The highest BCUT2D eigenvalue weighted by Crippen LogP contribution is 2.21. The molecule has 2 amide bonds. The van der Waals surface area contributed by atoms with Gasteiger partial charge in [-0.15, -0.1) is 0 Å². The third kappa shape index (κ3) is 9.60. The van der Waals surface area contributed by atoms with Gasteiger partial charge in [0.1, 0.15) is 53.6 Å². The quantitative estimate of drug-likeness (QED) is 0.159. The van der Waals surface area contributed by atoms with E-state index in [4.69, 9.17) is 9.47 Å². The Hall–Kier alpha value is -6.37. The van der Waals surface area contributed by atoms with Crippen LogP contribution in [-0.2, 0) is 39.4 Å². The van der Waals surface area contributed by atoms with Gasteiger partial charge in [-0.25, -0.2) is 13.2 Å². The van der Waals surface area contributed by atoms with Crippen molar-refractivity contribution in [2.24, 2.45) is 0 Å². The maximum atomic E-state index is 13.9. The van der Waals surface area contributed by atoms with Gasteiger partial charge in [0.25, 0.3) is 11.8 Å². The molecule has 4 heterocycles. The topological polar surface area (TPSA) is 94.7 Å². The number of carbonyl (C=O) groups excluding carboxylic acids is 2. The van der Waals surface area contributed by atoms with Crippen LogP contribution in [0, 0.1) is 17.5 Å². The third-order valence-electron chi connectivity index (χ3n) is 8.80. The van der Waals surface area contributed by atoms with E-state index in [1.165, 1.54) is 23.1 Å². The standard InChI is InChI=1S/C20H17F2N3O2.C20H18FN3O2.C2H6/c21-14-6-7-18(19(22)10-14)20(26)24-8-9-25-16(12-24)11-15(23-25)13-27-17-4-2-1-3-5-17;21-19-9-5-4-8-18(19)20(25)23-10-11-24-16(13-23)12-15(22-24)14-26-17-6-2-1-3-7-17;1-2/h1-7,10-11H,8-9,12-13H2;1-9,12H,10-11,13-14H2;1-2H3. The average Bonchev–Trinajstić information content (AvgIpc) is 3.84. The maximum absolute atomic E-state index is 13.9. The number of benzene rings is 4. The molecule has 0 unspecified atom stereocenters. The summed E-state index contributed by atoms with van der Waals surface area (Å²) < 4.78 is 56.0. The molecular formula is C42H41F3N6O4. The molecular weight excluding hydrogens is 709 g/mol. The lowest BCUT2D eigenvalue weighted by atomic mass is 10.1. The zero-order valence-electron chi connectivity index (χ0n) is 30.6. The van der Waals surface area contributed by atoms with Crippen LogP contribution < -0.4 is 9.47 Å². The van der Waals surface area contributed by atoms with Crippen molar-refractivity contribution in [3.05, 3.63) is 167 Å². The van der Waals surface area contributed by atoms with Crippen LogP contribution in [0.4, 0.5) is 13.2 Å². The zero-order valence-corrected chi connectivity index (χ0v) is 30.6. The number of aromatic nitrogens is 4. The highest BCUT2D eigenvalue weighted by atomic mass is 19.1. The van der Waals surface area contributed by atoms with Gasteiger partial charge < -0.3 is 19.3 Å². The van der Waals surface area contributed by atoms with Gasteiger partial charge in [-0.1, -0.05) is 62.4 Å².